The van der Waals surface area contributed by atoms with E-state index >= 15 is 0 Å². The number of ether oxygens (including phenoxy) is 2. The minimum atomic E-state index is -0.232. The van der Waals surface area contributed by atoms with Gasteiger partial charge < -0.3 is 19.7 Å². The number of hydrogen-bond donors (Lipinski definition) is 1. The molecule has 0 radical (unpaired) electrons. The third-order valence-corrected chi connectivity index (χ3v) is 4.60. The van der Waals surface area contributed by atoms with Crippen LogP contribution in [0.4, 0.5) is 4.79 Å². The number of piperazine rings is 1. The van der Waals surface area contributed by atoms with E-state index < -0.39 is 0 Å². The molecule has 6 heteroatoms. The highest BCUT2D eigenvalue weighted by Gasteiger charge is 2.24. The summed E-state index contributed by atoms with van der Waals surface area (Å²) in [6.45, 7) is 7.49. The van der Waals surface area contributed by atoms with Crippen molar-refractivity contribution in [1.82, 2.24) is 10.2 Å². The van der Waals surface area contributed by atoms with Crippen LogP contribution in [0.3, 0.4) is 0 Å². The van der Waals surface area contributed by atoms with Crippen LogP contribution in [0.15, 0.2) is 12.2 Å². The predicted octanol–water partition coefficient (Wildman–Crippen LogP) is 2.34. The summed E-state index contributed by atoms with van der Waals surface area (Å²) >= 11 is 0. The van der Waals surface area contributed by atoms with Crippen molar-refractivity contribution in [3.8, 4) is 0 Å². The first-order chi connectivity index (χ1) is 11.6. The fourth-order valence-electron chi connectivity index (χ4n) is 2.93. The van der Waals surface area contributed by atoms with E-state index in [4.69, 9.17) is 9.47 Å². The zero-order chi connectivity index (χ0) is 17.4. The van der Waals surface area contributed by atoms with Crippen LogP contribution in [0, 0.1) is 11.8 Å². The Balaban J connectivity index is 1.98. The Kier molecular flexibility index (Phi) is 7.56. The smallest absolute Gasteiger partial charge is 0.410 e. The van der Waals surface area contributed by atoms with Gasteiger partial charge in [0.2, 0.25) is 0 Å². The molecule has 0 aromatic rings. The summed E-state index contributed by atoms with van der Waals surface area (Å²) in [6.07, 6.45) is 6.63. The van der Waals surface area contributed by atoms with Gasteiger partial charge in [-0.15, -0.1) is 0 Å². The molecule has 3 unspecified atom stereocenters. The molecule has 3 atom stereocenters. The van der Waals surface area contributed by atoms with Crippen molar-refractivity contribution in [2.45, 2.75) is 45.6 Å². The standard InChI is InChI=1S/C18H30N2O4/c1-14-7-8-16(24-18(22)20-11-9-19-10-12-20)15(2)5-3-4-6-17(21)23-13-14/h7-8,14-16,19H,3-6,9-13H2,1-2H3. The lowest BCUT2D eigenvalue weighted by Crippen LogP contribution is -2.47. The second kappa shape index (κ2) is 9.67. The molecule has 24 heavy (non-hydrogen) atoms. The van der Waals surface area contributed by atoms with Crippen LogP contribution in [0.1, 0.15) is 39.5 Å². The molecule has 1 fully saturated rings. The van der Waals surface area contributed by atoms with Crippen LogP contribution < -0.4 is 5.32 Å². The Morgan fingerprint density at radius 3 is 2.75 bits per heavy atom. The quantitative estimate of drug-likeness (QED) is 0.587. The summed E-state index contributed by atoms with van der Waals surface area (Å²) in [5.74, 6) is 0.224. The van der Waals surface area contributed by atoms with E-state index in [1.807, 2.05) is 19.1 Å². The molecule has 0 saturated carbocycles. The highest BCUT2D eigenvalue weighted by molar-refractivity contribution is 5.69. The number of nitrogens with zero attached hydrogens (tertiary/aromatic N) is 1. The second-order valence-corrected chi connectivity index (χ2v) is 6.85. The molecule has 0 aromatic heterocycles. The maximum atomic E-state index is 12.4. The number of amides is 1. The molecule has 2 aliphatic rings. The minimum Gasteiger partial charge on any atom is -0.465 e. The first-order valence-electron chi connectivity index (χ1n) is 9.06. The molecule has 1 N–H and O–H groups in total. The zero-order valence-corrected chi connectivity index (χ0v) is 14.8. The van der Waals surface area contributed by atoms with E-state index in [0.29, 0.717) is 26.1 Å². The molecular weight excluding hydrogens is 308 g/mol. The second-order valence-electron chi connectivity index (χ2n) is 6.85. The number of esters is 1. The maximum Gasteiger partial charge on any atom is 0.410 e. The third kappa shape index (κ3) is 6.15. The van der Waals surface area contributed by atoms with Gasteiger partial charge in [-0.05, 0) is 24.8 Å². The lowest BCUT2D eigenvalue weighted by atomic mass is 9.95. The molecule has 1 saturated heterocycles. The van der Waals surface area contributed by atoms with Crippen molar-refractivity contribution in [3.05, 3.63) is 12.2 Å². The van der Waals surface area contributed by atoms with Crippen molar-refractivity contribution < 1.29 is 19.1 Å². The number of carbonyl (C=O) groups excluding carboxylic acids is 2. The van der Waals surface area contributed by atoms with Gasteiger partial charge in [0.15, 0.2) is 0 Å². The Morgan fingerprint density at radius 2 is 2.00 bits per heavy atom. The minimum absolute atomic E-state index is 0.112. The molecular formula is C18H30N2O4. The number of rotatable bonds is 1. The molecule has 136 valence electrons. The van der Waals surface area contributed by atoms with Crippen molar-refractivity contribution >= 4 is 12.1 Å². The fraction of sp³-hybridized carbons (Fsp3) is 0.778. The Morgan fingerprint density at radius 1 is 1.25 bits per heavy atom. The van der Waals surface area contributed by atoms with Gasteiger partial charge in [0, 0.05) is 38.5 Å². The molecule has 2 rings (SSSR count). The van der Waals surface area contributed by atoms with Crippen LogP contribution in [-0.2, 0) is 14.3 Å². The first-order valence-corrected chi connectivity index (χ1v) is 9.06. The van der Waals surface area contributed by atoms with Crippen LogP contribution in [0.25, 0.3) is 0 Å². The summed E-state index contributed by atoms with van der Waals surface area (Å²) in [5, 5.41) is 3.23. The Bertz CT molecular complexity index is 446. The lowest BCUT2D eigenvalue weighted by Gasteiger charge is -2.30. The van der Waals surface area contributed by atoms with Gasteiger partial charge in [-0.25, -0.2) is 4.79 Å². The van der Waals surface area contributed by atoms with E-state index in [9.17, 15) is 9.59 Å². The summed E-state index contributed by atoms with van der Waals surface area (Å²) in [7, 11) is 0. The Labute approximate surface area is 144 Å². The van der Waals surface area contributed by atoms with E-state index in [1.165, 1.54) is 0 Å². The van der Waals surface area contributed by atoms with E-state index in [-0.39, 0.29) is 30.0 Å². The zero-order valence-electron chi connectivity index (χ0n) is 14.8. The molecule has 0 bridgehead atoms. The molecule has 0 spiro atoms. The summed E-state index contributed by atoms with van der Waals surface area (Å²) in [6, 6.07) is 0. The SMILES string of the molecule is CC1C=CC(OC(=O)N2CCNCC2)C(C)CCCCC(=O)OC1. The Hall–Kier alpha value is -1.56. The first kappa shape index (κ1) is 18.8. The van der Waals surface area contributed by atoms with Crippen LogP contribution in [0.2, 0.25) is 0 Å². The van der Waals surface area contributed by atoms with Gasteiger partial charge in [-0.3, -0.25) is 4.79 Å². The van der Waals surface area contributed by atoms with Crippen molar-refractivity contribution in [2.24, 2.45) is 11.8 Å². The van der Waals surface area contributed by atoms with Gasteiger partial charge in [-0.2, -0.15) is 0 Å². The average Bonchev–Trinajstić information content (AvgIpc) is 2.59. The predicted molar refractivity (Wildman–Crippen MR) is 91.6 cm³/mol. The number of carbonyl (C=O) groups is 2. The number of cyclic esters (lactones) is 1. The normalized spacial score (nSPS) is 30.0. The molecule has 6 nitrogen and oxygen atoms in total. The van der Waals surface area contributed by atoms with E-state index in [1.54, 1.807) is 4.90 Å². The average molecular weight is 338 g/mol. The molecule has 2 heterocycles. The summed E-state index contributed by atoms with van der Waals surface area (Å²) in [4.78, 5) is 25.7. The number of hydrogen-bond acceptors (Lipinski definition) is 5. The molecule has 0 aromatic carbocycles. The van der Waals surface area contributed by atoms with Crippen molar-refractivity contribution in [1.29, 1.82) is 0 Å². The van der Waals surface area contributed by atoms with E-state index in [2.05, 4.69) is 12.2 Å². The van der Waals surface area contributed by atoms with Gasteiger partial charge in [-0.1, -0.05) is 26.3 Å². The highest BCUT2D eigenvalue weighted by atomic mass is 16.6. The third-order valence-electron chi connectivity index (χ3n) is 4.60. The van der Waals surface area contributed by atoms with Gasteiger partial charge in [0.05, 0.1) is 6.61 Å². The van der Waals surface area contributed by atoms with Gasteiger partial charge in [0.1, 0.15) is 6.10 Å². The fourth-order valence-corrected chi connectivity index (χ4v) is 2.93. The van der Waals surface area contributed by atoms with Gasteiger partial charge >= 0.3 is 12.1 Å². The maximum absolute atomic E-state index is 12.4. The van der Waals surface area contributed by atoms with Gasteiger partial charge in [0.25, 0.3) is 0 Å². The number of nitrogens with one attached hydrogen (secondary N) is 1. The van der Waals surface area contributed by atoms with Crippen LogP contribution in [-0.4, -0.2) is 55.9 Å². The van der Waals surface area contributed by atoms with Crippen molar-refractivity contribution in [3.63, 3.8) is 0 Å². The topological polar surface area (TPSA) is 67.9 Å². The van der Waals surface area contributed by atoms with E-state index in [0.717, 1.165) is 32.4 Å². The van der Waals surface area contributed by atoms with Crippen molar-refractivity contribution in [2.75, 3.05) is 32.8 Å². The molecule has 0 aliphatic carbocycles. The largest absolute Gasteiger partial charge is 0.465 e. The van der Waals surface area contributed by atoms with Crippen LogP contribution >= 0.6 is 0 Å². The summed E-state index contributed by atoms with van der Waals surface area (Å²) in [5.41, 5.74) is 0. The lowest BCUT2D eigenvalue weighted by molar-refractivity contribution is -0.144. The molecule has 1 amide bonds. The highest BCUT2D eigenvalue weighted by Crippen LogP contribution is 2.20. The molecule has 2 aliphatic heterocycles. The monoisotopic (exact) mass is 338 g/mol. The van der Waals surface area contributed by atoms with Crippen LogP contribution in [0.5, 0.6) is 0 Å². The summed E-state index contributed by atoms with van der Waals surface area (Å²) < 4.78 is 11.0.